The van der Waals surface area contributed by atoms with Gasteiger partial charge in [-0.15, -0.1) is 0 Å². The van der Waals surface area contributed by atoms with Gasteiger partial charge in [-0.3, -0.25) is 4.79 Å². The molecule has 4 heteroatoms. The second-order valence-corrected chi connectivity index (χ2v) is 5.98. The van der Waals surface area contributed by atoms with Crippen LogP contribution in [0.1, 0.15) is 23.7 Å². The topological polar surface area (TPSA) is 49.8 Å². The minimum Gasteiger partial charge on any atom is -0.457 e. The number of aliphatic hydroxyl groups excluding tert-OH is 1. The van der Waals surface area contributed by atoms with Gasteiger partial charge < -0.3 is 14.7 Å². The molecule has 1 amide bonds. The summed E-state index contributed by atoms with van der Waals surface area (Å²) in [5.74, 6) is 1.67. The zero-order valence-electron chi connectivity index (χ0n) is 13.2. The first-order chi connectivity index (χ1) is 11.1. The molecule has 1 aliphatic heterocycles. The van der Waals surface area contributed by atoms with Crippen molar-refractivity contribution < 1.29 is 14.6 Å². The van der Waals surface area contributed by atoms with Crippen molar-refractivity contribution in [1.82, 2.24) is 4.90 Å². The van der Waals surface area contributed by atoms with Crippen LogP contribution >= 0.6 is 0 Å². The highest BCUT2D eigenvalue weighted by molar-refractivity contribution is 5.94. The van der Waals surface area contributed by atoms with Gasteiger partial charge in [-0.05, 0) is 49.7 Å². The van der Waals surface area contributed by atoms with E-state index in [-0.39, 0.29) is 17.9 Å². The summed E-state index contributed by atoms with van der Waals surface area (Å²) in [6, 6.07) is 16.7. The van der Waals surface area contributed by atoms with Crippen LogP contribution in [0.3, 0.4) is 0 Å². The number of amides is 1. The molecule has 1 heterocycles. The second kappa shape index (κ2) is 6.84. The van der Waals surface area contributed by atoms with E-state index in [1.54, 1.807) is 19.1 Å². The number of aliphatic hydroxyl groups is 1. The summed E-state index contributed by atoms with van der Waals surface area (Å²) in [5, 5.41) is 9.64. The fourth-order valence-electron chi connectivity index (χ4n) is 2.84. The number of hydrogen-bond acceptors (Lipinski definition) is 3. The maximum absolute atomic E-state index is 12.5. The van der Waals surface area contributed by atoms with E-state index < -0.39 is 0 Å². The molecule has 3 rings (SSSR count). The molecule has 0 bridgehead atoms. The van der Waals surface area contributed by atoms with Gasteiger partial charge in [0.1, 0.15) is 11.5 Å². The maximum atomic E-state index is 12.5. The van der Waals surface area contributed by atoms with Gasteiger partial charge >= 0.3 is 0 Å². The summed E-state index contributed by atoms with van der Waals surface area (Å²) in [6.45, 7) is 3.11. The van der Waals surface area contributed by atoms with E-state index in [9.17, 15) is 9.90 Å². The molecule has 2 aromatic rings. The van der Waals surface area contributed by atoms with Crippen molar-refractivity contribution in [2.45, 2.75) is 19.4 Å². The number of hydrogen-bond donors (Lipinski definition) is 1. The van der Waals surface area contributed by atoms with Crippen molar-refractivity contribution in [3.63, 3.8) is 0 Å². The van der Waals surface area contributed by atoms with E-state index >= 15 is 0 Å². The first-order valence-electron chi connectivity index (χ1n) is 7.94. The molecule has 1 aliphatic rings. The van der Waals surface area contributed by atoms with Crippen LogP contribution in [0.4, 0.5) is 0 Å². The van der Waals surface area contributed by atoms with Gasteiger partial charge in [-0.2, -0.15) is 0 Å². The van der Waals surface area contributed by atoms with Crippen molar-refractivity contribution in [3.8, 4) is 11.5 Å². The molecule has 2 atom stereocenters. The highest BCUT2D eigenvalue weighted by Gasteiger charge is 2.29. The third kappa shape index (κ3) is 3.71. The maximum Gasteiger partial charge on any atom is 0.253 e. The van der Waals surface area contributed by atoms with Crippen molar-refractivity contribution in [2.24, 2.45) is 5.92 Å². The van der Waals surface area contributed by atoms with Crippen molar-refractivity contribution in [1.29, 1.82) is 0 Å². The van der Waals surface area contributed by atoms with Gasteiger partial charge in [0, 0.05) is 24.6 Å². The van der Waals surface area contributed by atoms with E-state index in [1.165, 1.54) is 0 Å². The third-order valence-corrected chi connectivity index (χ3v) is 4.27. The standard InChI is InChI=1S/C19H21NO3/c1-14(21)16-11-12-20(13-16)19(22)15-7-9-18(10-8-15)23-17-5-3-2-4-6-17/h2-10,14,16,21H,11-13H2,1H3. The van der Waals surface area contributed by atoms with Crippen LogP contribution in [0.25, 0.3) is 0 Å². The van der Waals surface area contributed by atoms with E-state index in [0.717, 1.165) is 12.2 Å². The molecule has 1 fully saturated rings. The average Bonchev–Trinajstić information content (AvgIpc) is 3.06. The fraction of sp³-hybridized carbons (Fsp3) is 0.316. The number of benzene rings is 2. The molecular formula is C19H21NO3. The summed E-state index contributed by atoms with van der Waals surface area (Å²) < 4.78 is 5.73. The van der Waals surface area contributed by atoms with Crippen LogP contribution in [-0.4, -0.2) is 35.1 Å². The Balaban J connectivity index is 1.64. The molecular weight excluding hydrogens is 290 g/mol. The molecule has 1 saturated heterocycles. The molecule has 23 heavy (non-hydrogen) atoms. The van der Waals surface area contributed by atoms with Crippen LogP contribution in [-0.2, 0) is 0 Å². The Morgan fingerprint density at radius 2 is 1.78 bits per heavy atom. The highest BCUT2D eigenvalue weighted by Crippen LogP contribution is 2.24. The number of carbonyl (C=O) groups excluding carboxylic acids is 1. The van der Waals surface area contributed by atoms with E-state index in [4.69, 9.17) is 4.74 Å². The summed E-state index contributed by atoms with van der Waals surface area (Å²) in [7, 11) is 0. The zero-order chi connectivity index (χ0) is 16.2. The SMILES string of the molecule is CC(O)C1CCN(C(=O)c2ccc(Oc3ccccc3)cc2)C1. The Labute approximate surface area is 136 Å². The van der Waals surface area contributed by atoms with Crippen molar-refractivity contribution in [2.75, 3.05) is 13.1 Å². The van der Waals surface area contributed by atoms with Crippen LogP contribution < -0.4 is 4.74 Å². The largest absolute Gasteiger partial charge is 0.457 e. The minimum absolute atomic E-state index is 0.0133. The average molecular weight is 311 g/mol. The predicted molar refractivity (Wildman–Crippen MR) is 88.6 cm³/mol. The Morgan fingerprint density at radius 3 is 2.39 bits per heavy atom. The van der Waals surface area contributed by atoms with E-state index in [2.05, 4.69) is 0 Å². The fourth-order valence-corrected chi connectivity index (χ4v) is 2.84. The van der Waals surface area contributed by atoms with Gasteiger partial charge in [-0.1, -0.05) is 18.2 Å². The molecule has 120 valence electrons. The molecule has 0 aliphatic carbocycles. The Morgan fingerprint density at radius 1 is 1.13 bits per heavy atom. The molecule has 2 unspecified atom stereocenters. The highest BCUT2D eigenvalue weighted by atomic mass is 16.5. The van der Waals surface area contributed by atoms with Gasteiger partial charge in [0.15, 0.2) is 0 Å². The monoisotopic (exact) mass is 311 g/mol. The van der Waals surface area contributed by atoms with Gasteiger partial charge in [-0.25, -0.2) is 0 Å². The third-order valence-electron chi connectivity index (χ3n) is 4.27. The number of rotatable bonds is 4. The zero-order valence-corrected chi connectivity index (χ0v) is 13.2. The minimum atomic E-state index is -0.366. The first-order valence-corrected chi connectivity index (χ1v) is 7.94. The van der Waals surface area contributed by atoms with Crippen LogP contribution in [0.5, 0.6) is 11.5 Å². The summed E-state index contributed by atoms with van der Waals surface area (Å²) >= 11 is 0. The van der Waals surface area contributed by atoms with E-state index in [0.29, 0.717) is 24.4 Å². The summed E-state index contributed by atoms with van der Waals surface area (Å²) in [6.07, 6.45) is 0.493. The van der Waals surface area contributed by atoms with Crippen molar-refractivity contribution in [3.05, 3.63) is 60.2 Å². The molecule has 4 nitrogen and oxygen atoms in total. The number of carbonyl (C=O) groups is 1. The number of ether oxygens (including phenoxy) is 1. The Bertz CT molecular complexity index is 652. The predicted octanol–water partition coefficient (Wildman–Crippen LogP) is 3.32. The van der Waals surface area contributed by atoms with Crippen molar-refractivity contribution >= 4 is 5.91 Å². The summed E-state index contributed by atoms with van der Waals surface area (Å²) in [5.41, 5.74) is 0.650. The molecule has 0 aromatic heterocycles. The quantitative estimate of drug-likeness (QED) is 0.942. The number of nitrogens with zero attached hydrogens (tertiary/aromatic N) is 1. The first kappa shape index (κ1) is 15.6. The van der Waals surface area contributed by atoms with Crippen LogP contribution in [0, 0.1) is 5.92 Å². The molecule has 0 saturated carbocycles. The number of para-hydroxylation sites is 1. The molecule has 0 spiro atoms. The lowest BCUT2D eigenvalue weighted by Gasteiger charge is -2.18. The molecule has 0 radical (unpaired) electrons. The lowest BCUT2D eigenvalue weighted by atomic mass is 10.0. The van der Waals surface area contributed by atoms with Crippen LogP contribution in [0.2, 0.25) is 0 Å². The second-order valence-electron chi connectivity index (χ2n) is 5.98. The Kier molecular flexibility index (Phi) is 4.63. The number of likely N-dealkylation sites (tertiary alicyclic amines) is 1. The van der Waals surface area contributed by atoms with Gasteiger partial charge in [0.25, 0.3) is 5.91 Å². The lowest BCUT2D eigenvalue weighted by molar-refractivity contribution is 0.0762. The molecule has 1 N–H and O–H groups in total. The smallest absolute Gasteiger partial charge is 0.253 e. The van der Waals surface area contributed by atoms with Gasteiger partial charge in [0.2, 0.25) is 0 Å². The van der Waals surface area contributed by atoms with E-state index in [1.807, 2.05) is 47.4 Å². The summed E-state index contributed by atoms with van der Waals surface area (Å²) in [4.78, 5) is 14.3. The van der Waals surface area contributed by atoms with Gasteiger partial charge in [0.05, 0.1) is 6.10 Å². The normalized spacial score (nSPS) is 18.7. The molecule has 2 aromatic carbocycles. The van der Waals surface area contributed by atoms with Crippen LogP contribution in [0.15, 0.2) is 54.6 Å². The lowest BCUT2D eigenvalue weighted by Crippen LogP contribution is -2.30. The Hall–Kier alpha value is -2.33.